The number of amides is 3. The van der Waals surface area contributed by atoms with Crippen molar-refractivity contribution in [1.29, 1.82) is 0 Å². The van der Waals surface area contributed by atoms with E-state index in [2.05, 4.69) is 15.8 Å². The molecule has 0 saturated carbocycles. The number of carbonyl (C=O) groups excluding carboxylic acids is 3. The molecule has 0 aromatic rings. The second-order valence-corrected chi connectivity index (χ2v) is 3.77. The van der Waals surface area contributed by atoms with Crippen LogP contribution < -0.4 is 16.5 Å². The molecule has 0 saturated heterocycles. The Morgan fingerprint density at radius 3 is 2.71 bits per heavy atom. The Balaban J connectivity index is 2.17. The molecule has 0 aromatic carbocycles. The number of unbranched alkanes of at least 4 members (excludes halogenated alkanes) is 1. The maximum Gasteiger partial charge on any atom is 0.267 e. The number of nitrogens with two attached hydrogens (primary N) is 1. The molecule has 0 spiro atoms. The number of rotatable bonds is 6. The zero-order valence-corrected chi connectivity index (χ0v) is 9.49. The standard InChI is InChI=1S/C10H16N4O3/c11-8(15)3-1-2-6-12-10(17)7-4-5-9(16)14-13-7/h1-6H2,(H2,11,15)(H,12,17)(H,14,16). The SMILES string of the molecule is NC(=O)CCCCNC(=O)C1=NNC(=O)CC1. The van der Waals surface area contributed by atoms with Crippen LogP contribution in [0.4, 0.5) is 0 Å². The Bertz CT molecular complexity index is 351. The number of hydrazone groups is 1. The molecule has 1 rings (SSSR count). The van der Waals surface area contributed by atoms with Crippen molar-refractivity contribution in [1.82, 2.24) is 10.7 Å². The van der Waals surface area contributed by atoms with Gasteiger partial charge in [-0.2, -0.15) is 5.10 Å². The average Bonchev–Trinajstić information content (AvgIpc) is 2.29. The first-order valence-corrected chi connectivity index (χ1v) is 5.51. The van der Waals surface area contributed by atoms with Crippen LogP contribution in [0.1, 0.15) is 32.1 Å². The number of nitrogens with one attached hydrogen (secondary N) is 2. The Kier molecular flexibility index (Phi) is 5.12. The van der Waals surface area contributed by atoms with Crippen molar-refractivity contribution < 1.29 is 14.4 Å². The van der Waals surface area contributed by atoms with Gasteiger partial charge in [0.25, 0.3) is 5.91 Å². The van der Waals surface area contributed by atoms with Gasteiger partial charge >= 0.3 is 0 Å². The molecule has 0 bridgehead atoms. The van der Waals surface area contributed by atoms with Crippen LogP contribution in [-0.2, 0) is 14.4 Å². The monoisotopic (exact) mass is 240 g/mol. The zero-order chi connectivity index (χ0) is 12.7. The zero-order valence-electron chi connectivity index (χ0n) is 9.49. The first kappa shape index (κ1) is 13.1. The first-order valence-electron chi connectivity index (χ1n) is 5.51. The van der Waals surface area contributed by atoms with Gasteiger partial charge in [0.2, 0.25) is 11.8 Å². The van der Waals surface area contributed by atoms with Crippen molar-refractivity contribution in [2.75, 3.05) is 6.54 Å². The summed E-state index contributed by atoms with van der Waals surface area (Å²) in [6.45, 7) is 0.471. The van der Waals surface area contributed by atoms with Gasteiger partial charge < -0.3 is 11.1 Å². The summed E-state index contributed by atoms with van der Waals surface area (Å²) in [5.74, 6) is -0.789. The molecule has 0 atom stereocenters. The van der Waals surface area contributed by atoms with Crippen molar-refractivity contribution in [3.63, 3.8) is 0 Å². The molecule has 0 fully saturated rings. The lowest BCUT2D eigenvalue weighted by molar-refractivity contribution is -0.121. The van der Waals surface area contributed by atoms with Crippen LogP contribution in [0.25, 0.3) is 0 Å². The van der Waals surface area contributed by atoms with Crippen molar-refractivity contribution in [2.24, 2.45) is 10.8 Å². The van der Waals surface area contributed by atoms with Gasteiger partial charge in [0, 0.05) is 25.8 Å². The molecule has 3 amide bonds. The van der Waals surface area contributed by atoms with Crippen molar-refractivity contribution in [3.05, 3.63) is 0 Å². The van der Waals surface area contributed by atoms with E-state index in [1.807, 2.05) is 0 Å². The molecule has 17 heavy (non-hydrogen) atoms. The fourth-order valence-electron chi connectivity index (χ4n) is 1.37. The van der Waals surface area contributed by atoms with Gasteiger partial charge in [-0.1, -0.05) is 0 Å². The van der Waals surface area contributed by atoms with Crippen molar-refractivity contribution in [3.8, 4) is 0 Å². The molecule has 1 heterocycles. The maximum atomic E-state index is 11.5. The lowest BCUT2D eigenvalue weighted by Crippen LogP contribution is -2.37. The van der Waals surface area contributed by atoms with Gasteiger partial charge in [0.1, 0.15) is 5.71 Å². The minimum absolute atomic E-state index is 0.178. The fourth-order valence-corrected chi connectivity index (χ4v) is 1.37. The molecule has 4 N–H and O–H groups in total. The second-order valence-electron chi connectivity index (χ2n) is 3.77. The van der Waals surface area contributed by atoms with E-state index in [1.54, 1.807) is 0 Å². The highest BCUT2D eigenvalue weighted by atomic mass is 16.2. The molecule has 0 aliphatic carbocycles. The van der Waals surface area contributed by atoms with Crippen LogP contribution in [0, 0.1) is 0 Å². The van der Waals surface area contributed by atoms with Gasteiger partial charge in [0.15, 0.2) is 0 Å². The van der Waals surface area contributed by atoms with Crippen molar-refractivity contribution >= 4 is 23.4 Å². The van der Waals surface area contributed by atoms with E-state index in [-0.39, 0.29) is 24.1 Å². The predicted octanol–water partition coefficient (Wildman–Crippen LogP) is -0.976. The molecule has 0 unspecified atom stereocenters. The van der Waals surface area contributed by atoms with Crippen LogP contribution in [0.15, 0.2) is 5.10 Å². The summed E-state index contributed by atoms with van der Waals surface area (Å²) < 4.78 is 0. The van der Waals surface area contributed by atoms with Crippen molar-refractivity contribution in [2.45, 2.75) is 32.1 Å². The van der Waals surface area contributed by atoms with E-state index in [0.717, 1.165) is 0 Å². The molecule has 94 valence electrons. The van der Waals surface area contributed by atoms with E-state index in [1.165, 1.54) is 0 Å². The van der Waals surface area contributed by atoms with Crippen LogP contribution in [0.2, 0.25) is 0 Å². The molecular weight excluding hydrogens is 224 g/mol. The first-order chi connectivity index (χ1) is 8.09. The number of primary amides is 1. The highest BCUT2D eigenvalue weighted by Gasteiger charge is 2.17. The molecule has 1 aliphatic heterocycles. The lowest BCUT2D eigenvalue weighted by Gasteiger charge is -2.11. The molecule has 0 radical (unpaired) electrons. The third-order valence-corrected chi connectivity index (χ3v) is 2.30. The van der Waals surface area contributed by atoms with Gasteiger partial charge in [0.05, 0.1) is 0 Å². The molecule has 7 nitrogen and oxygen atoms in total. The Morgan fingerprint density at radius 1 is 1.35 bits per heavy atom. The summed E-state index contributed by atoms with van der Waals surface area (Å²) in [5, 5.41) is 6.34. The van der Waals surface area contributed by atoms with Gasteiger partial charge in [-0.25, -0.2) is 5.43 Å². The molecule has 7 heteroatoms. The lowest BCUT2D eigenvalue weighted by atomic mass is 10.1. The number of carbonyl (C=O) groups is 3. The smallest absolute Gasteiger partial charge is 0.267 e. The largest absolute Gasteiger partial charge is 0.370 e. The normalized spacial score (nSPS) is 14.8. The maximum absolute atomic E-state index is 11.5. The minimum atomic E-state index is -0.337. The van der Waals surface area contributed by atoms with Crippen LogP contribution in [-0.4, -0.2) is 30.0 Å². The highest BCUT2D eigenvalue weighted by Crippen LogP contribution is 1.99. The van der Waals surface area contributed by atoms with E-state index in [0.29, 0.717) is 37.9 Å². The van der Waals surface area contributed by atoms with E-state index >= 15 is 0 Å². The summed E-state index contributed by atoms with van der Waals surface area (Å²) in [7, 11) is 0. The van der Waals surface area contributed by atoms with E-state index < -0.39 is 0 Å². The summed E-state index contributed by atoms with van der Waals surface area (Å²) in [4.78, 5) is 32.8. The quantitative estimate of drug-likeness (QED) is 0.518. The Labute approximate surface area is 98.8 Å². The summed E-state index contributed by atoms with van der Waals surface area (Å²) in [5.41, 5.74) is 7.57. The van der Waals surface area contributed by atoms with E-state index in [4.69, 9.17) is 5.73 Å². The van der Waals surface area contributed by atoms with Crippen LogP contribution in [0.5, 0.6) is 0 Å². The van der Waals surface area contributed by atoms with Gasteiger partial charge in [-0.3, -0.25) is 14.4 Å². The summed E-state index contributed by atoms with van der Waals surface area (Å²) >= 11 is 0. The summed E-state index contributed by atoms with van der Waals surface area (Å²) in [6, 6.07) is 0. The molecule has 0 aromatic heterocycles. The Morgan fingerprint density at radius 2 is 2.12 bits per heavy atom. The molecule has 1 aliphatic rings. The second kappa shape index (κ2) is 6.62. The molecular formula is C10H16N4O3. The summed E-state index contributed by atoms with van der Waals surface area (Å²) in [6.07, 6.45) is 2.31. The van der Waals surface area contributed by atoms with E-state index in [9.17, 15) is 14.4 Å². The minimum Gasteiger partial charge on any atom is -0.370 e. The number of nitrogens with zero attached hydrogens (tertiary/aromatic N) is 1. The number of hydrogen-bond acceptors (Lipinski definition) is 4. The van der Waals surface area contributed by atoms with Gasteiger partial charge in [-0.05, 0) is 12.8 Å². The number of hydrogen-bond donors (Lipinski definition) is 3. The topological polar surface area (TPSA) is 114 Å². The van der Waals surface area contributed by atoms with Crippen LogP contribution >= 0.6 is 0 Å². The van der Waals surface area contributed by atoms with Crippen LogP contribution in [0.3, 0.4) is 0 Å². The Hall–Kier alpha value is -1.92. The average molecular weight is 240 g/mol. The fraction of sp³-hybridized carbons (Fsp3) is 0.600. The predicted molar refractivity (Wildman–Crippen MR) is 60.9 cm³/mol. The van der Waals surface area contributed by atoms with Gasteiger partial charge in [-0.15, -0.1) is 0 Å². The third-order valence-electron chi connectivity index (χ3n) is 2.30. The highest BCUT2D eigenvalue weighted by molar-refractivity contribution is 6.39. The third kappa shape index (κ3) is 5.10.